The Balaban J connectivity index is 2.46. The van der Waals surface area contributed by atoms with Crippen LogP contribution in [0.15, 0.2) is 0 Å². The molecule has 0 radical (unpaired) electrons. The van der Waals surface area contributed by atoms with Crippen LogP contribution >= 0.6 is 0 Å². The van der Waals surface area contributed by atoms with Crippen LogP contribution in [0.2, 0.25) is 0 Å². The number of rotatable bonds is 5. The van der Waals surface area contributed by atoms with Crippen molar-refractivity contribution in [3.8, 4) is 0 Å². The van der Waals surface area contributed by atoms with Crippen molar-refractivity contribution in [1.82, 2.24) is 10.2 Å². The molecule has 0 saturated heterocycles. The van der Waals surface area contributed by atoms with E-state index in [9.17, 15) is 8.78 Å². The van der Waals surface area contributed by atoms with Crippen molar-refractivity contribution in [2.45, 2.75) is 51.1 Å². The highest BCUT2D eigenvalue weighted by molar-refractivity contribution is 4.86. The molecule has 0 amide bonds. The molecule has 1 aliphatic carbocycles. The average molecular weight is 220 g/mol. The van der Waals surface area contributed by atoms with Gasteiger partial charge in [-0.2, -0.15) is 0 Å². The molecule has 2 atom stereocenters. The molecule has 2 nitrogen and oxygen atoms in total. The predicted octanol–water partition coefficient (Wildman–Crippen LogP) is 2.10. The summed E-state index contributed by atoms with van der Waals surface area (Å²) in [4.78, 5) is 1.82. The van der Waals surface area contributed by atoms with Gasteiger partial charge in [0.25, 0.3) is 6.43 Å². The summed E-state index contributed by atoms with van der Waals surface area (Å²) in [5, 5.41) is 3.40. The van der Waals surface area contributed by atoms with Gasteiger partial charge in [-0.1, -0.05) is 19.8 Å². The molecule has 1 fully saturated rings. The second-order valence-corrected chi connectivity index (χ2v) is 4.35. The molecule has 1 N–H and O–H groups in total. The smallest absolute Gasteiger partial charge is 0.251 e. The van der Waals surface area contributed by atoms with Crippen molar-refractivity contribution in [2.75, 3.05) is 20.1 Å². The van der Waals surface area contributed by atoms with Gasteiger partial charge in [-0.05, 0) is 26.4 Å². The third kappa shape index (κ3) is 4.03. The van der Waals surface area contributed by atoms with E-state index < -0.39 is 6.43 Å². The summed E-state index contributed by atoms with van der Waals surface area (Å²) in [6, 6.07) is 0.681. The standard InChI is InChI=1S/C11H22F2N2/c1-3-14-9-6-4-5-7-10(9)15(2)8-11(12)13/h9-11,14H,3-8H2,1-2H3. The van der Waals surface area contributed by atoms with E-state index in [1.165, 1.54) is 12.8 Å². The maximum Gasteiger partial charge on any atom is 0.251 e. The first-order chi connectivity index (χ1) is 7.15. The fraction of sp³-hybridized carbons (Fsp3) is 1.00. The minimum Gasteiger partial charge on any atom is -0.313 e. The van der Waals surface area contributed by atoms with E-state index in [1.54, 1.807) is 0 Å². The van der Waals surface area contributed by atoms with E-state index in [1.807, 2.05) is 11.9 Å². The van der Waals surface area contributed by atoms with Gasteiger partial charge in [0.05, 0.1) is 6.54 Å². The highest BCUT2D eigenvalue weighted by Gasteiger charge is 2.28. The topological polar surface area (TPSA) is 15.3 Å². The Hall–Kier alpha value is -0.220. The molecule has 0 aromatic rings. The molecule has 1 saturated carbocycles. The Kier molecular flexibility index (Phi) is 5.47. The Morgan fingerprint density at radius 2 is 2.00 bits per heavy atom. The largest absolute Gasteiger partial charge is 0.313 e. The second kappa shape index (κ2) is 6.38. The van der Waals surface area contributed by atoms with Crippen LogP contribution in [0.1, 0.15) is 32.6 Å². The predicted molar refractivity (Wildman–Crippen MR) is 58.4 cm³/mol. The monoisotopic (exact) mass is 220 g/mol. The lowest BCUT2D eigenvalue weighted by molar-refractivity contribution is 0.0593. The molecule has 0 aromatic heterocycles. The van der Waals surface area contributed by atoms with Gasteiger partial charge >= 0.3 is 0 Å². The molecule has 1 aliphatic rings. The number of hydrogen-bond donors (Lipinski definition) is 1. The molecule has 0 heterocycles. The number of alkyl halides is 2. The van der Waals surface area contributed by atoms with E-state index >= 15 is 0 Å². The van der Waals surface area contributed by atoms with E-state index in [0.717, 1.165) is 19.4 Å². The summed E-state index contributed by atoms with van der Waals surface area (Å²) >= 11 is 0. The lowest BCUT2D eigenvalue weighted by atomic mass is 9.89. The lowest BCUT2D eigenvalue weighted by Gasteiger charge is -2.38. The van der Waals surface area contributed by atoms with Crippen LogP contribution in [-0.4, -0.2) is 43.5 Å². The van der Waals surface area contributed by atoms with Gasteiger partial charge in [0, 0.05) is 12.1 Å². The molecule has 15 heavy (non-hydrogen) atoms. The molecular weight excluding hydrogens is 198 g/mol. The van der Waals surface area contributed by atoms with Gasteiger partial charge in [-0.15, -0.1) is 0 Å². The first-order valence-corrected chi connectivity index (χ1v) is 5.87. The number of hydrogen-bond acceptors (Lipinski definition) is 2. The summed E-state index contributed by atoms with van der Waals surface area (Å²) < 4.78 is 24.6. The molecule has 0 aliphatic heterocycles. The molecule has 0 bridgehead atoms. The first-order valence-electron chi connectivity index (χ1n) is 5.87. The van der Waals surface area contributed by atoms with E-state index in [0.29, 0.717) is 6.04 Å². The van der Waals surface area contributed by atoms with Gasteiger partial charge in [0.15, 0.2) is 0 Å². The number of nitrogens with zero attached hydrogens (tertiary/aromatic N) is 1. The maximum absolute atomic E-state index is 12.3. The molecule has 4 heteroatoms. The fourth-order valence-electron chi connectivity index (χ4n) is 2.49. The highest BCUT2D eigenvalue weighted by atomic mass is 19.3. The molecular formula is C11H22F2N2. The van der Waals surface area contributed by atoms with Crippen LogP contribution in [0.4, 0.5) is 8.78 Å². The van der Waals surface area contributed by atoms with Crippen molar-refractivity contribution < 1.29 is 8.78 Å². The summed E-state index contributed by atoms with van der Waals surface area (Å²) in [7, 11) is 1.81. The summed E-state index contributed by atoms with van der Waals surface area (Å²) in [5.41, 5.74) is 0. The Labute approximate surface area is 91.0 Å². The van der Waals surface area contributed by atoms with Crippen LogP contribution in [0.25, 0.3) is 0 Å². The zero-order valence-electron chi connectivity index (χ0n) is 9.68. The minimum absolute atomic E-state index is 0.105. The van der Waals surface area contributed by atoms with Gasteiger partial charge < -0.3 is 5.32 Å². The number of halogens is 2. The minimum atomic E-state index is -2.22. The van der Waals surface area contributed by atoms with Crippen molar-refractivity contribution >= 4 is 0 Å². The van der Waals surface area contributed by atoms with E-state index in [-0.39, 0.29) is 12.6 Å². The zero-order valence-corrected chi connectivity index (χ0v) is 9.68. The summed E-state index contributed by atoms with van der Waals surface area (Å²) in [5.74, 6) is 0. The summed E-state index contributed by atoms with van der Waals surface area (Å²) in [6.45, 7) is 2.88. The SMILES string of the molecule is CCNC1CCCCC1N(C)CC(F)F. The molecule has 90 valence electrons. The molecule has 2 unspecified atom stereocenters. The van der Waals surface area contributed by atoms with Crippen LogP contribution in [0.3, 0.4) is 0 Å². The molecule has 0 spiro atoms. The van der Waals surface area contributed by atoms with Crippen LogP contribution in [0.5, 0.6) is 0 Å². The Morgan fingerprint density at radius 3 is 2.60 bits per heavy atom. The Morgan fingerprint density at radius 1 is 1.33 bits per heavy atom. The first kappa shape index (κ1) is 12.8. The fourth-order valence-corrected chi connectivity index (χ4v) is 2.49. The second-order valence-electron chi connectivity index (χ2n) is 4.35. The third-order valence-electron chi connectivity index (χ3n) is 3.19. The third-order valence-corrected chi connectivity index (χ3v) is 3.19. The number of likely N-dealkylation sites (N-methyl/N-ethyl adjacent to an activating group) is 2. The normalized spacial score (nSPS) is 27.6. The van der Waals surface area contributed by atoms with Crippen LogP contribution in [-0.2, 0) is 0 Å². The molecule has 1 rings (SSSR count). The quantitative estimate of drug-likeness (QED) is 0.763. The average Bonchev–Trinajstić information content (AvgIpc) is 2.18. The zero-order chi connectivity index (χ0) is 11.3. The van der Waals surface area contributed by atoms with Gasteiger partial charge in [-0.25, -0.2) is 8.78 Å². The lowest BCUT2D eigenvalue weighted by Crippen LogP contribution is -2.51. The Bertz CT molecular complexity index is 174. The maximum atomic E-state index is 12.3. The van der Waals surface area contributed by atoms with Crippen molar-refractivity contribution in [3.05, 3.63) is 0 Å². The van der Waals surface area contributed by atoms with E-state index in [2.05, 4.69) is 12.2 Å². The van der Waals surface area contributed by atoms with Crippen molar-refractivity contribution in [2.24, 2.45) is 0 Å². The van der Waals surface area contributed by atoms with Gasteiger partial charge in [-0.3, -0.25) is 4.90 Å². The highest BCUT2D eigenvalue weighted by Crippen LogP contribution is 2.22. The van der Waals surface area contributed by atoms with Crippen LogP contribution in [0, 0.1) is 0 Å². The van der Waals surface area contributed by atoms with Gasteiger partial charge in [0.1, 0.15) is 0 Å². The van der Waals surface area contributed by atoms with E-state index in [4.69, 9.17) is 0 Å². The van der Waals surface area contributed by atoms with Crippen LogP contribution < -0.4 is 5.32 Å². The van der Waals surface area contributed by atoms with Crippen molar-refractivity contribution in [3.63, 3.8) is 0 Å². The van der Waals surface area contributed by atoms with Crippen molar-refractivity contribution in [1.29, 1.82) is 0 Å². The summed E-state index contributed by atoms with van der Waals surface area (Å²) in [6.07, 6.45) is 2.32. The van der Waals surface area contributed by atoms with Gasteiger partial charge in [0.2, 0.25) is 0 Å². The molecule has 0 aromatic carbocycles. The number of nitrogens with one attached hydrogen (secondary N) is 1.